The minimum Gasteiger partial charge on any atom is -0.493 e. The Morgan fingerprint density at radius 1 is 1.13 bits per heavy atom. The summed E-state index contributed by atoms with van der Waals surface area (Å²) in [6.07, 6.45) is 5.67. The number of carbonyl (C=O) groups excluding carboxylic acids is 1. The van der Waals surface area contributed by atoms with E-state index in [0.717, 1.165) is 50.3 Å². The van der Waals surface area contributed by atoms with E-state index < -0.39 is 0 Å². The molecule has 2 fully saturated rings. The molecule has 0 aromatic heterocycles. The van der Waals surface area contributed by atoms with Crippen LogP contribution in [0.4, 0.5) is 4.79 Å². The lowest BCUT2D eigenvalue weighted by Crippen LogP contribution is -2.45. The van der Waals surface area contributed by atoms with Crippen LogP contribution in [0, 0.1) is 0 Å². The lowest BCUT2D eigenvalue weighted by Gasteiger charge is -2.28. The number of ether oxygens (including phenoxy) is 2. The van der Waals surface area contributed by atoms with Crippen LogP contribution in [0.2, 0.25) is 0 Å². The highest BCUT2D eigenvalue weighted by molar-refractivity contribution is 5.74. The summed E-state index contributed by atoms with van der Waals surface area (Å²) >= 11 is 0. The van der Waals surface area contributed by atoms with Crippen LogP contribution in [0.1, 0.15) is 37.7 Å². The molecule has 3 rings (SSSR count). The Balaban J connectivity index is 1.64. The minimum absolute atomic E-state index is 0.0605. The molecule has 2 aliphatic rings. The molecular weight excluding hydrogens is 292 g/mol. The Kier molecular flexibility index (Phi) is 4.64. The molecule has 1 aromatic carbocycles. The number of nitrogens with one attached hydrogen (secondary N) is 1. The summed E-state index contributed by atoms with van der Waals surface area (Å²) in [5, 5.41) is 3.13. The number of carbonyl (C=O) groups is 1. The van der Waals surface area contributed by atoms with Gasteiger partial charge in [-0.3, -0.25) is 0 Å². The SMILES string of the molecule is COc1ccc(C2(CNC(=O)N3CCCCC3)CC2)cc1OC. The van der Waals surface area contributed by atoms with Crippen molar-refractivity contribution < 1.29 is 14.3 Å². The molecule has 1 aliphatic heterocycles. The predicted molar refractivity (Wildman–Crippen MR) is 89.3 cm³/mol. The summed E-state index contributed by atoms with van der Waals surface area (Å²) in [5.41, 5.74) is 1.28. The molecule has 126 valence electrons. The van der Waals surface area contributed by atoms with Crippen LogP contribution in [0.15, 0.2) is 18.2 Å². The number of nitrogens with zero attached hydrogens (tertiary/aromatic N) is 1. The zero-order valence-corrected chi connectivity index (χ0v) is 14.1. The van der Waals surface area contributed by atoms with E-state index in [0.29, 0.717) is 6.54 Å². The van der Waals surface area contributed by atoms with Crippen molar-refractivity contribution in [2.75, 3.05) is 33.9 Å². The monoisotopic (exact) mass is 318 g/mol. The molecule has 0 spiro atoms. The van der Waals surface area contributed by atoms with Gasteiger partial charge in [0.1, 0.15) is 0 Å². The number of hydrogen-bond donors (Lipinski definition) is 1. The number of hydrogen-bond acceptors (Lipinski definition) is 3. The molecule has 5 heteroatoms. The number of benzene rings is 1. The van der Waals surface area contributed by atoms with Crippen LogP contribution >= 0.6 is 0 Å². The van der Waals surface area contributed by atoms with Crippen LogP contribution < -0.4 is 14.8 Å². The van der Waals surface area contributed by atoms with Crippen molar-refractivity contribution >= 4 is 6.03 Å². The van der Waals surface area contributed by atoms with Gasteiger partial charge in [-0.2, -0.15) is 0 Å². The van der Waals surface area contributed by atoms with Gasteiger partial charge in [0.15, 0.2) is 11.5 Å². The van der Waals surface area contributed by atoms with E-state index in [1.54, 1.807) is 14.2 Å². The lowest BCUT2D eigenvalue weighted by molar-refractivity contribution is 0.185. The van der Waals surface area contributed by atoms with E-state index in [2.05, 4.69) is 11.4 Å². The van der Waals surface area contributed by atoms with Crippen molar-refractivity contribution in [2.45, 2.75) is 37.5 Å². The van der Waals surface area contributed by atoms with Gasteiger partial charge in [-0.05, 0) is 49.8 Å². The molecule has 0 bridgehead atoms. The third-order valence-corrected chi connectivity index (χ3v) is 5.07. The number of rotatable bonds is 5. The van der Waals surface area contributed by atoms with Crippen LogP contribution in [0.5, 0.6) is 11.5 Å². The molecule has 1 aromatic rings. The summed E-state index contributed by atoms with van der Waals surface area (Å²) in [6.45, 7) is 2.46. The van der Waals surface area contributed by atoms with Gasteiger partial charge in [-0.15, -0.1) is 0 Å². The highest BCUT2D eigenvalue weighted by Crippen LogP contribution is 2.49. The number of piperidine rings is 1. The molecule has 23 heavy (non-hydrogen) atoms. The number of urea groups is 1. The van der Waals surface area contributed by atoms with Crippen molar-refractivity contribution in [3.63, 3.8) is 0 Å². The third-order valence-electron chi connectivity index (χ3n) is 5.07. The Morgan fingerprint density at radius 2 is 1.83 bits per heavy atom. The first kappa shape index (κ1) is 16.0. The fraction of sp³-hybridized carbons (Fsp3) is 0.611. The summed E-state index contributed by atoms with van der Waals surface area (Å²) < 4.78 is 10.7. The second-order valence-corrected chi connectivity index (χ2v) is 6.56. The third kappa shape index (κ3) is 3.38. The van der Waals surface area contributed by atoms with Gasteiger partial charge in [-0.1, -0.05) is 6.07 Å². The molecule has 0 atom stereocenters. The number of amides is 2. The number of likely N-dealkylation sites (tertiary alicyclic amines) is 1. The van der Waals surface area contributed by atoms with Crippen molar-refractivity contribution in [2.24, 2.45) is 0 Å². The van der Waals surface area contributed by atoms with E-state index in [1.807, 2.05) is 17.0 Å². The Hall–Kier alpha value is -1.91. The van der Waals surface area contributed by atoms with Crippen molar-refractivity contribution in [3.05, 3.63) is 23.8 Å². The van der Waals surface area contributed by atoms with Gasteiger partial charge in [-0.25, -0.2) is 4.79 Å². The maximum Gasteiger partial charge on any atom is 0.317 e. The fourth-order valence-corrected chi connectivity index (χ4v) is 3.34. The molecule has 1 heterocycles. The molecule has 5 nitrogen and oxygen atoms in total. The minimum atomic E-state index is 0.0605. The smallest absolute Gasteiger partial charge is 0.317 e. The van der Waals surface area contributed by atoms with E-state index in [9.17, 15) is 4.79 Å². The van der Waals surface area contributed by atoms with E-state index in [1.165, 1.54) is 12.0 Å². The number of methoxy groups -OCH3 is 2. The largest absolute Gasteiger partial charge is 0.493 e. The fourth-order valence-electron chi connectivity index (χ4n) is 3.34. The summed E-state index contributed by atoms with van der Waals surface area (Å²) in [5.74, 6) is 1.49. The van der Waals surface area contributed by atoms with Crippen LogP contribution in [-0.2, 0) is 5.41 Å². The topological polar surface area (TPSA) is 50.8 Å². The first-order valence-corrected chi connectivity index (χ1v) is 8.44. The first-order valence-electron chi connectivity index (χ1n) is 8.44. The van der Waals surface area contributed by atoms with Crippen LogP contribution in [-0.4, -0.2) is 44.8 Å². The normalized spacial score (nSPS) is 19.1. The molecule has 1 saturated carbocycles. The van der Waals surface area contributed by atoms with Crippen molar-refractivity contribution in [1.29, 1.82) is 0 Å². The first-order chi connectivity index (χ1) is 11.2. The zero-order chi connectivity index (χ0) is 16.3. The van der Waals surface area contributed by atoms with E-state index in [4.69, 9.17) is 9.47 Å². The quantitative estimate of drug-likeness (QED) is 0.908. The molecule has 0 radical (unpaired) electrons. The van der Waals surface area contributed by atoms with E-state index >= 15 is 0 Å². The predicted octanol–water partition coefficient (Wildman–Crippen LogP) is 2.93. The molecule has 1 N–H and O–H groups in total. The van der Waals surface area contributed by atoms with Gasteiger partial charge in [0.2, 0.25) is 0 Å². The van der Waals surface area contributed by atoms with Crippen LogP contribution in [0.3, 0.4) is 0 Å². The molecule has 1 aliphatic carbocycles. The Morgan fingerprint density at radius 3 is 2.43 bits per heavy atom. The Labute approximate surface area is 137 Å². The molecule has 0 unspecified atom stereocenters. The van der Waals surface area contributed by atoms with Crippen molar-refractivity contribution in [1.82, 2.24) is 10.2 Å². The standard InChI is InChI=1S/C18H26N2O3/c1-22-15-7-6-14(12-16(15)23-2)18(8-9-18)13-19-17(21)20-10-4-3-5-11-20/h6-7,12H,3-5,8-11,13H2,1-2H3,(H,19,21). The second-order valence-electron chi connectivity index (χ2n) is 6.56. The second kappa shape index (κ2) is 6.69. The van der Waals surface area contributed by atoms with Gasteiger partial charge in [0.25, 0.3) is 0 Å². The summed E-state index contributed by atoms with van der Waals surface area (Å²) in [7, 11) is 3.29. The summed E-state index contributed by atoms with van der Waals surface area (Å²) in [6, 6.07) is 6.15. The molecule has 2 amide bonds. The Bertz CT molecular complexity index is 563. The van der Waals surface area contributed by atoms with E-state index in [-0.39, 0.29) is 11.4 Å². The van der Waals surface area contributed by atoms with Crippen LogP contribution in [0.25, 0.3) is 0 Å². The van der Waals surface area contributed by atoms with Gasteiger partial charge in [0.05, 0.1) is 14.2 Å². The highest BCUT2D eigenvalue weighted by Gasteiger charge is 2.45. The maximum atomic E-state index is 12.3. The maximum absolute atomic E-state index is 12.3. The van der Waals surface area contributed by atoms with Gasteiger partial charge in [0, 0.05) is 25.0 Å². The van der Waals surface area contributed by atoms with Crippen molar-refractivity contribution in [3.8, 4) is 11.5 Å². The average molecular weight is 318 g/mol. The van der Waals surface area contributed by atoms with Gasteiger partial charge >= 0.3 is 6.03 Å². The molecular formula is C18H26N2O3. The molecule has 1 saturated heterocycles. The lowest BCUT2D eigenvalue weighted by atomic mass is 9.95. The summed E-state index contributed by atoms with van der Waals surface area (Å²) in [4.78, 5) is 14.2. The van der Waals surface area contributed by atoms with Gasteiger partial charge < -0.3 is 19.7 Å². The zero-order valence-electron chi connectivity index (χ0n) is 14.1. The average Bonchev–Trinajstić information content (AvgIpc) is 3.41. The highest BCUT2D eigenvalue weighted by atomic mass is 16.5.